The van der Waals surface area contributed by atoms with Crippen LogP contribution in [0.5, 0.6) is 11.5 Å². The molecule has 1 atom stereocenters. The molecule has 0 heterocycles. The van der Waals surface area contributed by atoms with E-state index in [1.54, 1.807) is 0 Å². The lowest BCUT2D eigenvalue weighted by Gasteiger charge is -2.08. The van der Waals surface area contributed by atoms with E-state index in [1.165, 1.54) is 0 Å². The molecule has 2 heteroatoms. The highest BCUT2D eigenvalue weighted by Crippen LogP contribution is 2.24. The van der Waals surface area contributed by atoms with Gasteiger partial charge in [0.15, 0.2) is 0 Å². The molecule has 0 fully saturated rings. The van der Waals surface area contributed by atoms with E-state index < -0.39 is 0 Å². The van der Waals surface area contributed by atoms with Gasteiger partial charge in [0.1, 0.15) is 17.8 Å². The lowest BCUT2D eigenvalue weighted by molar-refractivity contribution is -0.108. The van der Waals surface area contributed by atoms with Crippen LogP contribution >= 0.6 is 0 Å². The van der Waals surface area contributed by atoms with E-state index in [4.69, 9.17) is 4.74 Å². The minimum atomic E-state index is -0.102. The highest BCUT2D eigenvalue weighted by molar-refractivity contribution is 5.61. The third kappa shape index (κ3) is 2.94. The molecular formula is C15H14O2. The zero-order chi connectivity index (χ0) is 12.1. The van der Waals surface area contributed by atoms with Crippen molar-refractivity contribution in [3.63, 3.8) is 0 Å². The van der Waals surface area contributed by atoms with Crippen LogP contribution in [0.15, 0.2) is 54.6 Å². The molecule has 0 N–H and O–H groups in total. The Bertz CT molecular complexity index is 491. The van der Waals surface area contributed by atoms with Crippen molar-refractivity contribution >= 4 is 6.29 Å². The van der Waals surface area contributed by atoms with Gasteiger partial charge in [0, 0.05) is 5.92 Å². The second kappa shape index (κ2) is 5.30. The lowest BCUT2D eigenvalue weighted by atomic mass is 10.0. The molecule has 2 nitrogen and oxygen atoms in total. The summed E-state index contributed by atoms with van der Waals surface area (Å²) < 4.78 is 5.70. The van der Waals surface area contributed by atoms with Crippen molar-refractivity contribution in [1.82, 2.24) is 0 Å². The van der Waals surface area contributed by atoms with Crippen LogP contribution < -0.4 is 4.74 Å². The van der Waals surface area contributed by atoms with Crippen LogP contribution in [0.1, 0.15) is 18.4 Å². The van der Waals surface area contributed by atoms with Gasteiger partial charge in [-0.2, -0.15) is 0 Å². The summed E-state index contributed by atoms with van der Waals surface area (Å²) in [6.07, 6.45) is 0.932. The maximum absolute atomic E-state index is 10.7. The summed E-state index contributed by atoms with van der Waals surface area (Å²) in [7, 11) is 0. The SMILES string of the molecule is CC(C=O)c1cccc(Oc2ccccc2)c1. The molecule has 86 valence electrons. The number of benzene rings is 2. The van der Waals surface area contributed by atoms with Gasteiger partial charge in [0.05, 0.1) is 0 Å². The molecule has 2 aromatic carbocycles. The lowest BCUT2D eigenvalue weighted by Crippen LogP contribution is -1.94. The maximum Gasteiger partial charge on any atom is 0.127 e. The largest absolute Gasteiger partial charge is 0.457 e. The van der Waals surface area contributed by atoms with E-state index in [1.807, 2.05) is 61.5 Å². The van der Waals surface area contributed by atoms with Gasteiger partial charge in [0.2, 0.25) is 0 Å². The molecule has 0 spiro atoms. The summed E-state index contributed by atoms with van der Waals surface area (Å²) in [4.78, 5) is 10.7. The molecule has 2 rings (SSSR count). The third-order valence-electron chi connectivity index (χ3n) is 2.57. The van der Waals surface area contributed by atoms with Gasteiger partial charge in [-0.1, -0.05) is 37.3 Å². The second-order valence-electron chi connectivity index (χ2n) is 3.91. The highest BCUT2D eigenvalue weighted by Gasteiger charge is 2.05. The van der Waals surface area contributed by atoms with E-state index in [9.17, 15) is 4.79 Å². The summed E-state index contributed by atoms with van der Waals surface area (Å²) in [5.41, 5.74) is 0.966. The van der Waals surface area contributed by atoms with Crippen molar-refractivity contribution in [3.8, 4) is 11.5 Å². The Morgan fingerprint density at radius 1 is 1.00 bits per heavy atom. The van der Waals surface area contributed by atoms with Gasteiger partial charge in [0.25, 0.3) is 0 Å². The summed E-state index contributed by atoms with van der Waals surface area (Å²) in [6, 6.07) is 17.2. The molecule has 0 aliphatic heterocycles. The Kier molecular flexibility index (Phi) is 3.55. The number of hydrogen-bond donors (Lipinski definition) is 0. The van der Waals surface area contributed by atoms with Gasteiger partial charge >= 0.3 is 0 Å². The molecule has 17 heavy (non-hydrogen) atoms. The molecule has 0 aliphatic rings. The van der Waals surface area contributed by atoms with Crippen LogP contribution in [0.2, 0.25) is 0 Å². The Hall–Kier alpha value is -2.09. The molecule has 0 radical (unpaired) electrons. The van der Waals surface area contributed by atoms with Crippen molar-refractivity contribution in [1.29, 1.82) is 0 Å². The average molecular weight is 226 g/mol. The second-order valence-corrected chi connectivity index (χ2v) is 3.91. The fourth-order valence-corrected chi connectivity index (χ4v) is 1.56. The molecule has 1 unspecified atom stereocenters. The molecule has 2 aromatic rings. The van der Waals surface area contributed by atoms with E-state index in [0.29, 0.717) is 0 Å². The zero-order valence-electron chi connectivity index (χ0n) is 9.67. The molecular weight excluding hydrogens is 212 g/mol. The minimum absolute atomic E-state index is 0.102. The first-order valence-electron chi connectivity index (χ1n) is 5.58. The van der Waals surface area contributed by atoms with Crippen LogP contribution in [0, 0.1) is 0 Å². The molecule has 0 aromatic heterocycles. The van der Waals surface area contributed by atoms with Crippen LogP contribution in [-0.2, 0) is 4.79 Å². The summed E-state index contributed by atoms with van der Waals surface area (Å²) in [6.45, 7) is 1.87. The van der Waals surface area contributed by atoms with Crippen LogP contribution in [0.4, 0.5) is 0 Å². The van der Waals surface area contributed by atoms with E-state index in [-0.39, 0.29) is 5.92 Å². The average Bonchev–Trinajstić information content (AvgIpc) is 2.39. The van der Waals surface area contributed by atoms with Crippen molar-refractivity contribution in [2.45, 2.75) is 12.8 Å². The molecule has 0 saturated heterocycles. The predicted molar refractivity (Wildman–Crippen MR) is 67.4 cm³/mol. The van der Waals surface area contributed by atoms with E-state index in [2.05, 4.69) is 0 Å². The van der Waals surface area contributed by atoms with Crippen LogP contribution in [-0.4, -0.2) is 6.29 Å². The fourth-order valence-electron chi connectivity index (χ4n) is 1.56. The molecule has 0 bridgehead atoms. The quantitative estimate of drug-likeness (QED) is 0.741. The van der Waals surface area contributed by atoms with Gasteiger partial charge < -0.3 is 9.53 Å². The Morgan fingerprint density at radius 3 is 2.41 bits per heavy atom. The smallest absolute Gasteiger partial charge is 0.127 e. The fraction of sp³-hybridized carbons (Fsp3) is 0.133. The number of hydrogen-bond acceptors (Lipinski definition) is 2. The van der Waals surface area contributed by atoms with Crippen molar-refractivity contribution in [2.75, 3.05) is 0 Å². The first-order chi connectivity index (χ1) is 8.29. The highest BCUT2D eigenvalue weighted by atomic mass is 16.5. The predicted octanol–water partition coefficient (Wildman–Crippen LogP) is 3.78. The summed E-state index contributed by atoms with van der Waals surface area (Å²) in [5.74, 6) is 1.44. The standard InChI is InChI=1S/C15H14O2/c1-12(11-16)13-6-5-9-15(10-13)17-14-7-3-2-4-8-14/h2-12H,1H3. The van der Waals surface area contributed by atoms with Gasteiger partial charge in [-0.25, -0.2) is 0 Å². The van der Waals surface area contributed by atoms with Crippen molar-refractivity contribution in [3.05, 3.63) is 60.2 Å². The van der Waals surface area contributed by atoms with Crippen LogP contribution in [0.3, 0.4) is 0 Å². The monoisotopic (exact) mass is 226 g/mol. The molecule has 0 aliphatic carbocycles. The number of ether oxygens (including phenoxy) is 1. The van der Waals surface area contributed by atoms with E-state index >= 15 is 0 Å². The van der Waals surface area contributed by atoms with E-state index in [0.717, 1.165) is 23.3 Å². The first-order valence-corrected chi connectivity index (χ1v) is 5.58. The Labute approximate surface area is 101 Å². The summed E-state index contributed by atoms with van der Waals surface area (Å²) in [5, 5.41) is 0. The number of carbonyl (C=O) groups excluding carboxylic acids is 1. The Morgan fingerprint density at radius 2 is 1.71 bits per heavy atom. The first kappa shape index (κ1) is 11.4. The Balaban J connectivity index is 2.19. The number of carbonyl (C=O) groups is 1. The number of rotatable bonds is 4. The molecule has 0 amide bonds. The zero-order valence-corrected chi connectivity index (χ0v) is 9.67. The minimum Gasteiger partial charge on any atom is -0.457 e. The molecule has 0 saturated carbocycles. The van der Waals surface area contributed by atoms with Crippen LogP contribution in [0.25, 0.3) is 0 Å². The number of aldehydes is 1. The van der Waals surface area contributed by atoms with Gasteiger partial charge in [-0.15, -0.1) is 0 Å². The normalized spacial score (nSPS) is 11.8. The van der Waals surface area contributed by atoms with Crippen molar-refractivity contribution < 1.29 is 9.53 Å². The summed E-state index contributed by atoms with van der Waals surface area (Å²) >= 11 is 0. The van der Waals surface area contributed by atoms with Crippen molar-refractivity contribution in [2.24, 2.45) is 0 Å². The van der Waals surface area contributed by atoms with Gasteiger partial charge in [-0.05, 0) is 29.8 Å². The topological polar surface area (TPSA) is 26.3 Å². The third-order valence-corrected chi connectivity index (χ3v) is 2.57. The number of para-hydroxylation sites is 1. The van der Waals surface area contributed by atoms with Gasteiger partial charge in [-0.3, -0.25) is 0 Å². The maximum atomic E-state index is 10.7.